The van der Waals surface area contributed by atoms with Crippen LogP contribution in [0.4, 0.5) is 0 Å². The Morgan fingerprint density at radius 2 is 1.86 bits per heavy atom. The number of ether oxygens (including phenoxy) is 2. The number of carbonyl (C=O) groups is 2. The molecule has 1 aliphatic rings. The van der Waals surface area contributed by atoms with Crippen molar-refractivity contribution in [3.8, 4) is 22.9 Å². The number of nitrogens with one attached hydrogen (secondary N) is 1. The number of furan rings is 1. The van der Waals surface area contributed by atoms with E-state index in [-0.39, 0.29) is 25.0 Å². The fourth-order valence-corrected chi connectivity index (χ4v) is 5.34. The van der Waals surface area contributed by atoms with Crippen LogP contribution in [0, 0.1) is 0 Å². The van der Waals surface area contributed by atoms with Crippen molar-refractivity contribution in [2.45, 2.75) is 57.3 Å². The second-order valence-corrected chi connectivity index (χ2v) is 10.5. The molecule has 2 heterocycles. The SMILES string of the molecule is COc1ccc(-c2nnn(CC(=O)N(Cc3ccccc3Cl)C(C(=O)NC3CCCCC3)c3ccco3)n2)cc1OC. The predicted molar refractivity (Wildman–Crippen MR) is 155 cm³/mol. The first-order valence-corrected chi connectivity index (χ1v) is 14.2. The molecule has 1 saturated carbocycles. The highest BCUT2D eigenvalue weighted by Gasteiger charge is 2.35. The Hall–Kier alpha value is -4.38. The van der Waals surface area contributed by atoms with Gasteiger partial charge in [0.05, 0.1) is 20.5 Å². The lowest BCUT2D eigenvalue weighted by Gasteiger charge is -2.32. The molecule has 1 atom stereocenters. The topological polar surface area (TPSA) is 125 Å². The van der Waals surface area contributed by atoms with Gasteiger partial charge in [0.2, 0.25) is 11.7 Å². The molecule has 5 rings (SSSR count). The third-order valence-corrected chi connectivity index (χ3v) is 7.68. The molecule has 0 saturated heterocycles. The lowest BCUT2D eigenvalue weighted by molar-refractivity contribution is -0.143. The van der Waals surface area contributed by atoms with Crippen molar-refractivity contribution in [2.75, 3.05) is 14.2 Å². The fraction of sp³-hybridized carbons (Fsp3) is 0.367. The zero-order chi connectivity index (χ0) is 29.5. The minimum atomic E-state index is -1.03. The van der Waals surface area contributed by atoms with Gasteiger partial charge >= 0.3 is 0 Å². The van der Waals surface area contributed by atoms with E-state index >= 15 is 0 Å². The zero-order valence-electron chi connectivity index (χ0n) is 23.5. The van der Waals surface area contributed by atoms with Gasteiger partial charge in [-0.2, -0.15) is 4.80 Å². The lowest BCUT2D eigenvalue weighted by Crippen LogP contribution is -2.47. The minimum absolute atomic E-state index is 0.0435. The number of aromatic nitrogens is 4. The van der Waals surface area contributed by atoms with Crippen LogP contribution in [0.25, 0.3) is 11.4 Å². The van der Waals surface area contributed by atoms with Crippen molar-refractivity contribution in [2.24, 2.45) is 0 Å². The first-order chi connectivity index (χ1) is 20.5. The van der Waals surface area contributed by atoms with E-state index in [1.807, 2.05) is 18.2 Å². The molecule has 2 amide bonds. The molecule has 1 N–H and O–H groups in total. The molecular formula is C30H33ClN6O5. The molecule has 1 aliphatic carbocycles. The van der Waals surface area contributed by atoms with Gasteiger partial charge in [0.25, 0.3) is 5.91 Å². The molecule has 4 aromatic rings. The van der Waals surface area contributed by atoms with E-state index in [4.69, 9.17) is 25.5 Å². The second kappa shape index (κ2) is 13.5. The normalized spacial score (nSPS) is 14.3. The number of methoxy groups -OCH3 is 2. The standard InChI is InChI=1S/C30H33ClN6O5/c1-40-24-15-14-20(17-26(24)41-2)29-33-35-37(34-29)19-27(38)36(18-21-9-6-7-12-23(21)31)28(25-13-8-16-42-25)30(39)32-22-10-4-3-5-11-22/h6-9,12-17,22,28H,3-5,10-11,18-19H2,1-2H3,(H,32,39). The van der Waals surface area contributed by atoms with E-state index in [1.165, 1.54) is 23.1 Å². The third kappa shape index (κ3) is 6.73. The molecule has 12 heteroatoms. The van der Waals surface area contributed by atoms with Crippen molar-refractivity contribution >= 4 is 23.4 Å². The van der Waals surface area contributed by atoms with Crippen LogP contribution in [0.15, 0.2) is 65.3 Å². The Bertz CT molecular complexity index is 1500. The average Bonchev–Trinajstić information content (AvgIpc) is 3.71. The van der Waals surface area contributed by atoms with Gasteiger partial charge < -0.3 is 24.1 Å². The highest BCUT2D eigenvalue weighted by molar-refractivity contribution is 6.31. The number of halogens is 1. The molecule has 0 spiro atoms. The summed E-state index contributed by atoms with van der Waals surface area (Å²) in [7, 11) is 3.09. The van der Waals surface area contributed by atoms with Gasteiger partial charge in [0.15, 0.2) is 17.5 Å². The molecule has 1 fully saturated rings. The number of rotatable bonds is 11. The molecule has 2 aromatic carbocycles. The predicted octanol–water partition coefficient (Wildman–Crippen LogP) is 4.82. The summed E-state index contributed by atoms with van der Waals surface area (Å²) in [6.07, 6.45) is 6.55. The van der Waals surface area contributed by atoms with Crippen LogP contribution in [0.5, 0.6) is 11.5 Å². The van der Waals surface area contributed by atoms with E-state index in [1.54, 1.807) is 43.5 Å². The number of amides is 2. The second-order valence-electron chi connectivity index (χ2n) is 10.1. The van der Waals surface area contributed by atoms with E-state index in [2.05, 4.69) is 20.7 Å². The maximum Gasteiger partial charge on any atom is 0.250 e. The van der Waals surface area contributed by atoms with Crippen molar-refractivity contribution in [1.82, 2.24) is 30.4 Å². The molecule has 11 nitrogen and oxygen atoms in total. The van der Waals surface area contributed by atoms with Crippen LogP contribution >= 0.6 is 11.6 Å². The Morgan fingerprint density at radius 1 is 1.07 bits per heavy atom. The summed E-state index contributed by atoms with van der Waals surface area (Å²) in [4.78, 5) is 30.5. The average molecular weight is 593 g/mol. The summed E-state index contributed by atoms with van der Waals surface area (Å²) in [6, 6.07) is 14.9. The van der Waals surface area contributed by atoms with Crippen molar-refractivity contribution in [3.63, 3.8) is 0 Å². The van der Waals surface area contributed by atoms with Gasteiger partial charge in [-0.25, -0.2) is 0 Å². The zero-order valence-corrected chi connectivity index (χ0v) is 24.3. The summed E-state index contributed by atoms with van der Waals surface area (Å²) < 4.78 is 16.4. The van der Waals surface area contributed by atoms with Crippen molar-refractivity contribution in [1.29, 1.82) is 0 Å². The number of carbonyl (C=O) groups excluding carboxylic acids is 2. The summed E-state index contributed by atoms with van der Waals surface area (Å²) in [5.74, 6) is 1.01. The van der Waals surface area contributed by atoms with Crippen LogP contribution in [-0.2, 0) is 22.7 Å². The van der Waals surface area contributed by atoms with Crippen LogP contribution in [0.1, 0.15) is 49.5 Å². The smallest absolute Gasteiger partial charge is 0.250 e. The van der Waals surface area contributed by atoms with E-state index < -0.39 is 11.9 Å². The number of benzene rings is 2. The molecule has 0 radical (unpaired) electrons. The minimum Gasteiger partial charge on any atom is -0.493 e. The Labute approximate surface area is 248 Å². The molecule has 0 aliphatic heterocycles. The van der Waals surface area contributed by atoms with Crippen molar-refractivity contribution < 1.29 is 23.5 Å². The highest BCUT2D eigenvalue weighted by atomic mass is 35.5. The van der Waals surface area contributed by atoms with Crippen LogP contribution in [-0.4, -0.2) is 57.2 Å². The summed E-state index contributed by atoms with van der Waals surface area (Å²) in [6.45, 7) is -0.197. The first-order valence-electron chi connectivity index (χ1n) is 13.8. The first kappa shape index (κ1) is 29.1. The monoisotopic (exact) mass is 592 g/mol. The van der Waals surface area contributed by atoms with Gasteiger partial charge in [-0.1, -0.05) is 49.1 Å². The molecule has 1 unspecified atom stereocenters. The van der Waals surface area contributed by atoms with Gasteiger partial charge in [-0.3, -0.25) is 9.59 Å². The summed E-state index contributed by atoms with van der Waals surface area (Å²) in [5.41, 5.74) is 1.33. The number of tetrazole rings is 1. The lowest BCUT2D eigenvalue weighted by atomic mass is 9.95. The molecule has 2 aromatic heterocycles. The largest absolute Gasteiger partial charge is 0.493 e. The highest BCUT2D eigenvalue weighted by Crippen LogP contribution is 2.31. The van der Waals surface area contributed by atoms with Gasteiger partial charge in [0.1, 0.15) is 12.3 Å². The Kier molecular flexibility index (Phi) is 9.38. The number of hydrogen-bond acceptors (Lipinski definition) is 8. The van der Waals surface area contributed by atoms with Gasteiger partial charge in [0, 0.05) is 23.2 Å². The van der Waals surface area contributed by atoms with Gasteiger partial charge in [-0.05, 0) is 60.0 Å². The van der Waals surface area contributed by atoms with Crippen LogP contribution < -0.4 is 14.8 Å². The summed E-state index contributed by atoms with van der Waals surface area (Å²) >= 11 is 6.49. The number of nitrogens with zero attached hydrogens (tertiary/aromatic N) is 5. The Balaban J connectivity index is 1.43. The van der Waals surface area contributed by atoms with E-state index in [0.29, 0.717) is 39.2 Å². The molecule has 220 valence electrons. The maximum atomic E-state index is 14.0. The molecular weight excluding hydrogens is 560 g/mol. The van der Waals surface area contributed by atoms with Gasteiger partial charge in [-0.15, -0.1) is 10.2 Å². The summed E-state index contributed by atoms with van der Waals surface area (Å²) in [5, 5.41) is 16.3. The van der Waals surface area contributed by atoms with E-state index in [9.17, 15) is 9.59 Å². The fourth-order valence-electron chi connectivity index (χ4n) is 5.14. The maximum absolute atomic E-state index is 14.0. The number of hydrogen-bond donors (Lipinski definition) is 1. The Morgan fingerprint density at radius 3 is 2.57 bits per heavy atom. The third-order valence-electron chi connectivity index (χ3n) is 7.31. The van der Waals surface area contributed by atoms with Crippen molar-refractivity contribution in [3.05, 3.63) is 77.2 Å². The molecule has 42 heavy (non-hydrogen) atoms. The van der Waals surface area contributed by atoms with E-state index in [0.717, 1.165) is 32.1 Å². The molecule has 0 bridgehead atoms. The van der Waals surface area contributed by atoms with Crippen LogP contribution in [0.3, 0.4) is 0 Å². The quantitative estimate of drug-likeness (QED) is 0.263. The van der Waals surface area contributed by atoms with Crippen LogP contribution in [0.2, 0.25) is 5.02 Å².